The first-order chi connectivity index (χ1) is 19.9. The predicted molar refractivity (Wildman–Crippen MR) is 184 cm³/mol. The number of benzene rings is 1. The molecule has 1 aliphatic rings. The molecule has 11 nitrogen and oxygen atoms in total. The Morgan fingerprint density at radius 2 is 1.77 bits per heavy atom. The number of rotatable bonds is 10. The monoisotopic (exact) mass is 736 g/mol. The minimum absolute atomic E-state index is 0.0228. The first-order valence-electron chi connectivity index (χ1n) is 14.6. The van der Waals surface area contributed by atoms with Crippen LogP contribution in [0.1, 0.15) is 53.3 Å². The summed E-state index contributed by atoms with van der Waals surface area (Å²) in [5, 5.41) is 7.62. The van der Waals surface area contributed by atoms with Crippen molar-refractivity contribution < 1.29 is 13.6 Å². The largest absolute Gasteiger partial charge is 0.414 e. The number of halogens is 1. The zero-order chi connectivity index (χ0) is 31.8. The molecule has 234 valence electrons. The molecule has 0 unspecified atom stereocenters. The van der Waals surface area contributed by atoms with E-state index < -0.39 is 41.1 Å². The highest BCUT2D eigenvalue weighted by atomic mass is 127. The van der Waals surface area contributed by atoms with E-state index in [1.807, 2.05) is 10.6 Å². The molecule has 0 spiro atoms. The maximum atomic E-state index is 9.65. The molecule has 0 saturated carbocycles. The Morgan fingerprint density at radius 3 is 2.40 bits per heavy atom. The minimum atomic E-state index is -2.32. The van der Waals surface area contributed by atoms with E-state index in [0.29, 0.717) is 30.1 Å². The van der Waals surface area contributed by atoms with Crippen molar-refractivity contribution in [3.63, 3.8) is 0 Å². The van der Waals surface area contributed by atoms with Crippen LogP contribution in [0.4, 0.5) is 5.82 Å². The number of hydrogen-bond donors (Lipinski definition) is 1. The third-order valence-electron chi connectivity index (χ3n) is 9.13. The number of imidazole rings is 1. The quantitative estimate of drug-likeness (QED) is 0.0733. The van der Waals surface area contributed by atoms with Crippen molar-refractivity contribution in [3.05, 3.63) is 56.5 Å². The Hall–Kier alpha value is -2.08. The first kappa shape index (κ1) is 33.8. The van der Waals surface area contributed by atoms with Crippen molar-refractivity contribution >= 4 is 56.2 Å². The summed E-state index contributed by atoms with van der Waals surface area (Å²) in [7, 11) is -4.42. The number of hydrogen-bond acceptors (Lipinski definition) is 8. The van der Waals surface area contributed by atoms with Gasteiger partial charge in [0.1, 0.15) is 12.4 Å². The predicted octanol–water partition coefficient (Wildman–Crippen LogP) is 8.03. The second kappa shape index (κ2) is 12.7. The Labute approximate surface area is 270 Å². The van der Waals surface area contributed by atoms with Gasteiger partial charge in [-0.2, -0.15) is 0 Å². The van der Waals surface area contributed by atoms with Crippen LogP contribution in [0.5, 0.6) is 0 Å². The summed E-state index contributed by atoms with van der Waals surface area (Å²) >= 11 is 2.31. The first-order valence-corrected chi connectivity index (χ1v) is 21.5. The molecule has 2 aromatic heterocycles. The third-order valence-corrected chi connectivity index (χ3v) is 18.8. The number of nitrogens with zero attached hydrogens (tertiary/aromatic N) is 7. The van der Waals surface area contributed by atoms with Crippen molar-refractivity contribution in [2.45, 2.75) is 109 Å². The van der Waals surface area contributed by atoms with Gasteiger partial charge in [-0.25, -0.2) is 15.0 Å². The van der Waals surface area contributed by atoms with E-state index in [1.54, 1.807) is 6.33 Å². The van der Waals surface area contributed by atoms with Gasteiger partial charge in [0.2, 0.25) is 0 Å². The van der Waals surface area contributed by atoms with Gasteiger partial charge in [-0.05, 0) is 82.1 Å². The average molecular weight is 737 g/mol. The van der Waals surface area contributed by atoms with Crippen molar-refractivity contribution in [2.24, 2.45) is 5.11 Å². The van der Waals surface area contributed by atoms with E-state index in [-0.39, 0.29) is 10.1 Å². The SMILES string of the molecule is CC(C)(C)[Si](C)(C)OC[C@H]1O[C@@H](n2cnc3c(NCc4cccc(I)c4)ncnc32)[C@H](O[Si](C)(C)C(C)(C)C)[C@@H]1N=[N+]=[N-]. The highest BCUT2D eigenvalue weighted by Gasteiger charge is 2.52. The van der Waals surface area contributed by atoms with Gasteiger partial charge in [0.05, 0.1) is 25.1 Å². The van der Waals surface area contributed by atoms with Gasteiger partial charge < -0.3 is 18.9 Å². The standard InChI is InChI=1S/C29H45IN8O3Si2/c1-28(2,3)42(7,8)39-16-21-22(36-37-31)24(41-43(9,10)29(4,5)6)27(40-21)38-18-35-23-25(33-17-34-26(23)38)32-15-19-12-11-13-20(30)14-19/h11-14,17-18,21-22,24,27H,15-16H2,1-10H3,(H,32,33,34)/t21-,22-,24-,27-/m1/s1. The Balaban J connectivity index is 1.71. The number of nitrogens with one attached hydrogen (secondary N) is 1. The molecule has 3 heterocycles. The maximum Gasteiger partial charge on any atom is 0.192 e. The van der Waals surface area contributed by atoms with Crippen molar-refractivity contribution in [1.29, 1.82) is 0 Å². The molecular formula is C29H45IN8O3Si2. The van der Waals surface area contributed by atoms with E-state index in [0.717, 1.165) is 5.56 Å². The van der Waals surface area contributed by atoms with Crippen molar-refractivity contribution in [1.82, 2.24) is 19.5 Å². The van der Waals surface area contributed by atoms with Gasteiger partial charge in [0, 0.05) is 15.0 Å². The fraction of sp³-hybridized carbons (Fsp3) is 0.621. The van der Waals surface area contributed by atoms with E-state index in [4.69, 9.17) is 18.6 Å². The lowest BCUT2D eigenvalue weighted by Crippen LogP contribution is -2.49. The second-order valence-corrected chi connectivity index (χ2v) is 25.0. The molecule has 1 N–H and O–H groups in total. The molecule has 0 bridgehead atoms. The van der Waals surface area contributed by atoms with Crippen LogP contribution >= 0.6 is 22.6 Å². The molecule has 43 heavy (non-hydrogen) atoms. The van der Waals surface area contributed by atoms with E-state index in [9.17, 15) is 5.53 Å². The highest BCUT2D eigenvalue weighted by molar-refractivity contribution is 14.1. The minimum Gasteiger partial charge on any atom is -0.414 e. The van der Waals surface area contributed by atoms with Gasteiger partial charge in [-0.15, -0.1) is 0 Å². The Morgan fingerprint density at radius 1 is 1.07 bits per heavy atom. The zero-order valence-electron chi connectivity index (χ0n) is 26.9. The van der Waals surface area contributed by atoms with Gasteiger partial charge in [-0.3, -0.25) is 4.57 Å². The molecule has 0 amide bonds. The van der Waals surface area contributed by atoms with Crippen LogP contribution in [0.3, 0.4) is 0 Å². The van der Waals surface area contributed by atoms with Crippen LogP contribution < -0.4 is 5.32 Å². The summed E-state index contributed by atoms with van der Waals surface area (Å²) in [6, 6.07) is 7.71. The van der Waals surface area contributed by atoms with Crippen LogP contribution in [0, 0.1) is 3.57 Å². The molecule has 3 aromatic rings. The molecule has 0 radical (unpaired) electrons. The number of azide groups is 1. The summed E-state index contributed by atoms with van der Waals surface area (Å²) in [6.07, 6.45) is 1.56. The lowest BCUT2D eigenvalue weighted by Gasteiger charge is -2.40. The second-order valence-electron chi connectivity index (χ2n) is 14.2. The van der Waals surface area contributed by atoms with Gasteiger partial charge in [-0.1, -0.05) is 58.8 Å². The van der Waals surface area contributed by atoms with Crippen LogP contribution in [-0.2, 0) is 20.1 Å². The number of anilines is 1. The molecule has 0 aliphatic carbocycles. The fourth-order valence-corrected chi connectivity index (χ4v) is 7.34. The maximum absolute atomic E-state index is 9.65. The normalized spacial score (nSPS) is 21.7. The molecular weight excluding hydrogens is 691 g/mol. The third kappa shape index (κ3) is 7.43. The van der Waals surface area contributed by atoms with E-state index >= 15 is 0 Å². The van der Waals surface area contributed by atoms with E-state index in [1.165, 1.54) is 9.90 Å². The smallest absolute Gasteiger partial charge is 0.192 e. The van der Waals surface area contributed by atoms with Crippen LogP contribution in [0.25, 0.3) is 21.6 Å². The summed E-state index contributed by atoms with van der Waals surface area (Å²) in [6.45, 7) is 22.9. The summed E-state index contributed by atoms with van der Waals surface area (Å²) in [4.78, 5) is 17.0. The zero-order valence-corrected chi connectivity index (χ0v) is 31.1. The topological polar surface area (TPSA) is 132 Å². The lowest BCUT2D eigenvalue weighted by molar-refractivity contribution is -0.0445. The van der Waals surface area contributed by atoms with Crippen molar-refractivity contribution in [3.8, 4) is 0 Å². The number of fused-ring (bicyclic) bond motifs is 1. The molecule has 1 fully saturated rings. The molecule has 1 aromatic carbocycles. The number of ether oxygens (including phenoxy) is 1. The van der Waals surface area contributed by atoms with Crippen LogP contribution in [0.15, 0.2) is 42.0 Å². The molecule has 4 rings (SSSR count). The Kier molecular flexibility index (Phi) is 10.0. The van der Waals surface area contributed by atoms with Crippen molar-refractivity contribution in [2.75, 3.05) is 11.9 Å². The fourth-order valence-electron chi connectivity index (χ4n) is 4.43. The van der Waals surface area contributed by atoms with Gasteiger partial charge >= 0.3 is 0 Å². The van der Waals surface area contributed by atoms with E-state index in [2.05, 4.69) is 134 Å². The van der Waals surface area contributed by atoms with Crippen LogP contribution in [-0.4, -0.2) is 61.0 Å². The highest BCUT2D eigenvalue weighted by Crippen LogP contribution is 2.44. The molecule has 1 saturated heterocycles. The molecule has 14 heteroatoms. The Bertz CT molecular complexity index is 1480. The van der Waals surface area contributed by atoms with Gasteiger partial charge in [0.25, 0.3) is 0 Å². The van der Waals surface area contributed by atoms with Gasteiger partial charge in [0.15, 0.2) is 39.8 Å². The summed E-state index contributed by atoms with van der Waals surface area (Å²) in [5.41, 5.74) is 12.0. The summed E-state index contributed by atoms with van der Waals surface area (Å²) in [5.74, 6) is 0.631. The average Bonchev–Trinajstić information content (AvgIpc) is 3.47. The molecule has 4 atom stereocenters. The lowest BCUT2D eigenvalue weighted by atomic mass is 10.1. The number of aromatic nitrogens is 4. The summed E-state index contributed by atoms with van der Waals surface area (Å²) < 4.78 is 23.3. The van der Waals surface area contributed by atoms with Crippen LogP contribution in [0.2, 0.25) is 36.3 Å². The molecule has 1 aliphatic heterocycles.